The minimum Gasteiger partial charge on any atom is -0.480 e. The number of nitrogens with one attached hydrogen (secondary N) is 1. The van der Waals surface area contributed by atoms with Crippen molar-refractivity contribution in [2.45, 2.75) is 19.4 Å². The molecule has 1 atom stereocenters. The molecule has 1 unspecified atom stereocenters. The number of carboxylic acids is 1. The predicted molar refractivity (Wildman–Crippen MR) is 81.9 cm³/mol. The molecule has 0 aliphatic carbocycles. The summed E-state index contributed by atoms with van der Waals surface area (Å²) in [7, 11) is 1.72. The van der Waals surface area contributed by atoms with Crippen molar-refractivity contribution < 1.29 is 19.1 Å². The van der Waals surface area contributed by atoms with Crippen LogP contribution in [0.4, 0.5) is 4.39 Å². The number of carboxylic acid groups (broad SMARTS) is 1. The molecule has 2 aromatic rings. The number of halogens is 2. The summed E-state index contributed by atoms with van der Waals surface area (Å²) in [6, 6.07) is 2.39. The first kappa shape index (κ1) is 17.0. The number of rotatable bonds is 5. The molecule has 0 aliphatic heterocycles. The molecule has 0 saturated carbocycles. The number of aryl methyl sites for hydroxylation is 2. The summed E-state index contributed by atoms with van der Waals surface area (Å²) in [6.45, 7) is 1.75. The summed E-state index contributed by atoms with van der Waals surface area (Å²) in [5.74, 6) is -2.61. The van der Waals surface area contributed by atoms with Crippen LogP contribution in [0.1, 0.15) is 21.6 Å². The smallest absolute Gasteiger partial charge is 0.326 e. The monoisotopic (exact) mass is 339 g/mol. The molecule has 1 aromatic carbocycles. The highest BCUT2D eigenvalue weighted by atomic mass is 35.5. The van der Waals surface area contributed by atoms with Gasteiger partial charge in [0.15, 0.2) is 0 Å². The van der Waals surface area contributed by atoms with Gasteiger partial charge >= 0.3 is 5.97 Å². The van der Waals surface area contributed by atoms with Crippen LogP contribution in [0.15, 0.2) is 24.4 Å². The molecule has 1 heterocycles. The standard InChI is InChI=1S/C15H15ClFN3O3/c1-8-10(7-20(2)19-8)6-13(15(22)23)18-14(21)9-3-4-11(16)12(17)5-9/h3-5,7,13H,6H2,1-2H3,(H,18,21)(H,22,23). The number of carbonyl (C=O) groups is 2. The molecule has 0 radical (unpaired) electrons. The Hall–Kier alpha value is -2.41. The number of aromatic nitrogens is 2. The lowest BCUT2D eigenvalue weighted by atomic mass is 10.1. The lowest BCUT2D eigenvalue weighted by Gasteiger charge is -2.14. The van der Waals surface area contributed by atoms with E-state index in [1.165, 1.54) is 12.1 Å². The lowest BCUT2D eigenvalue weighted by Crippen LogP contribution is -2.42. The summed E-state index contributed by atoms with van der Waals surface area (Å²) in [5.41, 5.74) is 1.40. The summed E-state index contributed by atoms with van der Waals surface area (Å²) in [5, 5.41) is 15.7. The van der Waals surface area contributed by atoms with E-state index >= 15 is 0 Å². The van der Waals surface area contributed by atoms with E-state index in [9.17, 15) is 19.1 Å². The zero-order chi connectivity index (χ0) is 17.1. The molecule has 8 heteroatoms. The molecule has 23 heavy (non-hydrogen) atoms. The van der Waals surface area contributed by atoms with Gasteiger partial charge in [-0.05, 0) is 30.7 Å². The van der Waals surface area contributed by atoms with Crippen molar-refractivity contribution in [3.8, 4) is 0 Å². The Morgan fingerprint density at radius 3 is 2.70 bits per heavy atom. The van der Waals surface area contributed by atoms with E-state index in [0.29, 0.717) is 11.3 Å². The third-order valence-corrected chi connectivity index (χ3v) is 3.63. The predicted octanol–water partition coefficient (Wildman–Crippen LogP) is 1.95. The third kappa shape index (κ3) is 4.07. The van der Waals surface area contributed by atoms with Gasteiger partial charge in [-0.15, -0.1) is 0 Å². The van der Waals surface area contributed by atoms with Crippen LogP contribution in [-0.2, 0) is 18.3 Å². The number of hydrogen-bond donors (Lipinski definition) is 2. The molecule has 122 valence electrons. The molecule has 2 N–H and O–H groups in total. The zero-order valence-electron chi connectivity index (χ0n) is 12.5. The fourth-order valence-electron chi connectivity index (χ4n) is 2.15. The van der Waals surface area contributed by atoms with Gasteiger partial charge in [0, 0.05) is 25.2 Å². The van der Waals surface area contributed by atoms with Gasteiger partial charge < -0.3 is 10.4 Å². The molecular formula is C15H15ClFN3O3. The van der Waals surface area contributed by atoms with Crippen LogP contribution in [0.3, 0.4) is 0 Å². The van der Waals surface area contributed by atoms with Crippen molar-refractivity contribution in [3.05, 3.63) is 52.1 Å². The van der Waals surface area contributed by atoms with E-state index in [-0.39, 0.29) is 17.0 Å². The molecule has 1 aromatic heterocycles. The Morgan fingerprint density at radius 2 is 2.17 bits per heavy atom. The van der Waals surface area contributed by atoms with Gasteiger partial charge in [0.2, 0.25) is 0 Å². The summed E-state index contributed by atoms with van der Waals surface area (Å²) < 4.78 is 15.0. The van der Waals surface area contributed by atoms with Gasteiger partial charge in [0.25, 0.3) is 5.91 Å². The number of carbonyl (C=O) groups excluding carboxylic acids is 1. The maximum Gasteiger partial charge on any atom is 0.326 e. The van der Waals surface area contributed by atoms with Crippen LogP contribution >= 0.6 is 11.6 Å². The van der Waals surface area contributed by atoms with Gasteiger partial charge in [-0.25, -0.2) is 9.18 Å². The molecule has 0 saturated heterocycles. The normalized spacial score (nSPS) is 12.0. The second-order valence-corrected chi connectivity index (χ2v) is 5.52. The maximum atomic E-state index is 13.4. The number of benzene rings is 1. The Labute approximate surface area is 136 Å². The van der Waals surface area contributed by atoms with Gasteiger partial charge in [0.1, 0.15) is 11.9 Å². The van der Waals surface area contributed by atoms with Gasteiger partial charge in [-0.3, -0.25) is 9.48 Å². The van der Waals surface area contributed by atoms with Crippen molar-refractivity contribution in [1.29, 1.82) is 0 Å². The van der Waals surface area contributed by atoms with Crippen LogP contribution in [0, 0.1) is 12.7 Å². The van der Waals surface area contributed by atoms with Crippen molar-refractivity contribution in [1.82, 2.24) is 15.1 Å². The van der Waals surface area contributed by atoms with Crippen molar-refractivity contribution >= 4 is 23.5 Å². The highest BCUT2D eigenvalue weighted by Crippen LogP contribution is 2.16. The van der Waals surface area contributed by atoms with E-state index in [1.807, 2.05) is 0 Å². The van der Waals surface area contributed by atoms with Crippen LogP contribution < -0.4 is 5.32 Å². The Bertz CT molecular complexity index is 760. The van der Waals surface area contributed by atoms with E-state index in [4.69, 9.17) is 11.6 Å². The largest absolute Gasteiger partial charge is 0.480 e. The molecule has 2 rings (SSSR count). The number of hydrogen-bond acceptors (Lipinski definition) is 3. The molecule has 0 fully saturated rings. The second-order valence-electron chi connectivity index (χ2n) is 5.11. The zero-order valence-corrected chi connectivity index (χ0v) is 13.3. The van der Waals surface area contributed by atoms with E-state index in [1.54, 1.807) is 24.9 Å². The number of nitrogens with zero attached hydrogens (tertiary/aromatic N) is 2. The molecule has 1 amide bonds. The van der Waals surface area contributed by atoms with Crippen LogP contribution in [0.5, 0.6) is 0 Å². The Balaban J connectivity index is 2.15. The average molecular weight is 340 g/mol. The van der Waals surface area contributed by atoms with E-state index in [2.05, 4.69) is 10.4 Å². The molecule has 0 bridgehead atoms. The fraction of sp³-hybridized carbons (Fsp3) is 0.267. The Morgan fingerprint density at radius 1 is 1.48 bits per heavy atom. The van der Waals surface area contributed by atoms with Crippen LogP contribution in [0.2, 0.25) is 5.02 Å². The lowest BCUT2D eigenvalue weighted by molar-refractivity contribution is -0.139. The number of aliphatic carboxylic acids is 1. The van der Waals surface area contributed by atoms with Crippen LogP contribution in [0.25, 0.3) is 0 Å². The second kappa shape index (κ2) is 6.78. The van der Waals surface area contributed by atoms with Crippen molar-refractivity contribution in [3.63, 3.8) is 0 Å². The topological polar surface area (TPSA) is 84.2 Å². The van der Waals surface area contributed by atoms with Gasteiger partial charge in [-0.2, -0.15) is 5.10 Å². The first-order valence-corrected chi connectivity index (χ1v) is 7.13. The number of amides is 1. The highest BCUT2D eigenvalue weighted by molar-refractivity contribution is 6.30. The molecule has 0 aliphatic rings. The summed E-state index contributed by atoms with van der Waals surface area (Å²) in [6.07, 6.45) is 1.77. The molecular weight excluding hydrogens is 325 g/mol. The highest BCUT2D eigenvalue weighted by Gasteiger charge is 2.23. The summed E-state index contributed by atoms with van der Waals surface area (Å²) in [4.78, 5) is 23.5. The minimum atomic E-state index is -1.18. The van der Waals surface area contributed by atoms with Crippen molar-refractivity contribution in [2.24, 2.45) is 7.05 Å². The fourth-order valence-corrected chi connectivity index (χ4v) is 2.27. The van der Waals surface area contributed by atoms with Crippen LogP contribution in [-0.4, -0.2) is 32.8 Å². The maximum absolute atomic E-state index is 13.4. The average Bonchev–Trinajstić information content (AvgIpc) is 2.78. The van der Waals surface area contributed by atoms with E-state index < -0.39 is 23.7 Å². The quantitative estimate of drug-likeness (QED) is 0.872. The molecule has 0 spiro atoms. The third-order valence-electron chi connectivity index (χ3n) is 3.32. The van der Waals surface area contributed by atoms with Crippen molar-refractivity contribution in [2.75, 3.05) is 0 Å². The van der Waals surface area contributed by atoms with E-state index in [0.717, 1.165) is 6.07 Å². The Kier molecular flexibility index (Phi) is 5.00. The first-order chi connectivity index (χ1) is 10.8. The minimum absolute atomic E-state index is 0.000980. The van der Waals surface area contributed by atoms with Gasteiger partial charge in [-0.1, -0.05) is 11.6 Å². The first-order valence-electron chi connectivity index (χ1n) is 6.75. The molecule has 6 nitrogen and oxygen atoms in total. The SMILES string of the molecule is Cc1nn(C)cc1CC(NC(=O)c1ccc(Cl)c(F)c1)C(=O)O. The van der Waals surface area contributed by atoms with Gasteiger partial charge in [0.05, 0.1) is 10.7 Å². The summed E-state index contributed by atoms with van der Waals surface area (Å²) >= 11 is 5.56.